The molecule has 6 heteroatoms. The fourth-order valence-corrected chi connectivity index (χ4v) is 4.27. The van der Waals surface area contributed by atoms with Gasteiger partial charge in [0.25, 0.3) is 0 Å². The predicted molar refractivity (Wildman–Crippen MR) is 118 cm³/mol. The number of aromatic nitrogens is 2. The number of nitrogens with one attached hydrogen (secondary N) is 2. The molecule has 0 spiro atoms. The zero-order valence-electron chi connectivity index (χ0n) is 18.0. The second kappa shape index (κ2) is 9.47. The fourth-order valence-electron chi connectivity index (χ4n) is 4.27. The van der Waals surface area contributed by atoms with Crippen molar-refractivity contribution in [2.75, 3.05) is 19.6 Å². The quantitative estimate of drug-likeness (QED) is 0.588. The van der Waals surface area contributed by atoms with Crippen LogP contribution in [0.4, 0.5) is 0 Å². The summed E-state index contributed by atoms with van der Waals surface area (Å²) >= 11 is 0. The number of likely N-dealkylation sites (tertiary alicyclic amines) is 1. The van der Waals surface area contributed by atoms with Crippen LogP contribution in [0.25, 0.3) is 10.9 Å². The minimum Gasteiger partial charge on any atom is -0.444 e. The van der Waals surface area contributed by atoms with E-state index < -0.39 is 0 Å². The number of para-hydroxylation sites is 1. The molecule has 3 aromatic rings. The molecule has 1 fully saturated rings. The molecule has 0 radical (unpaired) electrons. The number of carbonyl (C=O) groups excluding carboxylic acids is 1. The molecule has 0 bridgehead atoms. The van der Waals surface area contributed by atoms with Gasteiger partial charge in [0.2, 0.25) is 11.8 Å². The van der Waals surface area contributed by atoms with Crippen LogP contribution < -0.4 is 5.32 Å². The molecule has 0 saturated carbocycles. The number of amides is 1. The lowest BCUT2D eigenvalue weighted by atomic mass is 9.96. The van der Waals surface area contributed by atoms with Crippen LogP contribution in [0.5, 0.6) is 0 Å². The molecule has 0 unspecified atom stereocenters. The van der Waals surface area contributed by atoms with Gasteiger partial charge in [-0.3, -0.25) is 9.69 Å². The van der Waals surface area contributed by atoms with E-state index in [4.69, 9.17) is 4.42 Å². The molecule has 1 amide bonds. The van der Waals surface area contributed by atoms with E-state index >= 15 is 0 Å². The van der Waals surface area contributed by atoms with Crippen molar-refractivity contribution >= 4 is 16.8 Å². The van der Waals surface area contributed by atoms with E-state index in [1.54, 1.807) is 0 Å². The van der Waals surface area contributed by atoms with Gasteiger partial charge in [0, 0.05) is 30.1 Å². The van der Waals surface area contributed by atoms with Crippen LogP contribution in [0.2, 0.25) is 0 Å². The summed E-state index contributed by atoms with van der Waals surface area (Å²) in [7, 11) is 0. The molecule has 2 aromatic heterocycles. The first kappa shape index (κ1) is 20.7. The number of oxazole rings is 1. The Hall–Kier alpha value is -2.60. The topological polar surface area (TPSA) is 74.2 Å². The van der Waals surface area contributed by atoms with E-state index in [0.29, 0.717) is 12.3 Å². The average Bonchev–Trinajstić information content (AvgIpc) is 3.30. The monoisotopic (exact) mass is 408 g/mol. The summed E-state index contributed by atoms with van der Waals surface area (Å²) in [4.78, 5) is 22.4. The van der Waals surface area contributed by atoms with E-state index in [0.717, 1.165) is 74.7 Å². The normalized spacial score (nSPS) is 15.7. The minimum absolute atomic E-state index is 0.169. The lowest BCUT2D eigenvalue weighted by molar-refractivity contribution is -0.121. The van der Waals surface area contributed by atoms with Gasteiger partial charge in [-0.15, -0.1) is 0 Å². The largest absolute Gasteiger partial charge is 0.444 e. The van der Waals surface area contributed by atoms with Crippen molar-refractivity contribution in [3.8, 4) is 0 Å². The highest BCUT2D eigenvalue weighted by atomic mass is 16.4. The van der Waals surface area contributed by atoms with Gasteiger partial charge in [-0.1, -0.05) is 18.2 Å². The van der Waals surface area contributed by atoms with E-state index in [9.17, 15) is 4.79 Å². The molecule has 0 atom stereocenters. The third-order valence-corrected chi connectivity index (χ3v) is 6.25. The summed E-state index contributed by atoms with van der Waals surface area (Å²) in [5.41, 5.74) is 3.44. The lowest BCUT2D eigenvalue weighted by Crippen LogP contribution is -2.38. The van der Waals surface area contributed by atoms with Crippen LogP contribution in [0.3, 0.4) is 0 Å². The maximum atomic E-state index is 12.3. The van der Waals surface area contributed by atoms with E-state index in [1.165, 1.54) is 10.9 Å². The molecule has 4 rings (SSSR count). The number of H-pyrrole nitrogens is 1. The molecule has 1 aliphatic heterocycles. The zero-order chi connectivity index (χ0) is 20.9. The maximum absolute atomic E-state index is 12.3. The third kappa shape index (κ3) is 5.11. The van der Waals surface area contributed by atoms with Crippen molar-refractivity contribution in [3.63, 3.8) is 0 Å². The SMILES string of the molecule is Cc1nc(CN2CCC(CNC(=O)CCCc3c[nH]c4ccccc34)CC2)oc1C. The summed E-state index contributed by atoms with van der Waals surface area (Å²) in [5.74, 6) is 2.45. The second-order valence-electron chi connectivity index (χ2n) is 8.49. The minimum atomic E-state index is 0.169. The molecule has 1 saturated heterocycles. The highest BCUT2D eigenvalue weighted by Crippen LogP contribution is 2.21. The summed E-state index contributed by atoms with van der Waals surface area (Å²) in [6.45, 7) is 7.57. The van der Waals surface area contributed by atoms with Gasteiger partial charge in [0.05, 0.1) is 12.2 Å². The Morgan fingerprint density at radius 2 is 2.07 bits per heavy atom. The molecular formula is C24H32N4O2. The maximum Gasteiger partial charge on any atom is 0.220 e. The first-order valence-corrected chi connectivity index (χ1v) is 11.1. The van der Waals surface area contributed by atoms with Crippen molar-refractivity contribution in [1.82, 2.24) is 20.2 Å². The van der Waals surface area contributed by atoms with E-state index in [2.05, 4.69) is 44.6 Å². The van der Waals surface area contributed by atoms with Crippen molar-refractivity contribution in [2.45, 2.75) is 52.5 Å². The average molecular weight is 409 g/mol. The van der Waals surface area contributed by atoms with Gasteiger partial charge in [-0.05, 0) is 70.2 Å². The van der Waals surface area contributed by atoms with Crippen molar-refractivity contribution in [3.05, 3.63) is 53.4 Å². The number of hydrogen-bond donors (Lipinski definition) is 2. The smallest absolute Gasteiger partial charge is 0.220 e. The predicted octanol–water partition coefficient (Wildman–Crippen LogP) is 4.12. The Labute approximate surface area is 178 Å². The Kier molecular flexibility index (Phi) is 6.53. The number of benzene rings is 1. The Morgan fingerprint density at radius 1 is 1.27 bits per heavy atom. The number of nitrogens with zero attached hydrogens (tertiary/aromatic N) is 2. The molecule has 3 heterocycles. The first-order chi connectivity index (χ1) is 14.6. The standard InChI is InChI=1S/C24H32N4O2/c1-17-18(2)30-24(27-17)16-28-12-10-19(11-13-28)14-26-23(29)9-5-6-20-15-25-22-8-4-3-7-21(20)22/h3-4,7-8,15,19,25H,5-6,9-14,16H2,1-2H3,(H,26,29). The molecule has 30 heavy (non-hydrogen) atoms. The van der Waals surface area contributed by atoms with Gasteiger partial charge in [-0.25, -0.2) is 4.98 Å². The molecule has 6 nitrogen and oxygen atoms in total. The lowest BCUT2D eigenvalue weighted by Gasteiger charge is -2.31. The van der Waals surface area contributed by atoms with Gasteiger partial charge >= 0.3 is 0 Å². The molecule has 160 valence electrons. The number of piperidine rings is 1. The second-order valence-corrected chi connectivity index (χ2v) is 8.49. The van der Waals surface area contributed by atoms with Crippen LogP contribution in [0.15, 0.2) is 34.9 Å². The number of aromatic amines is 1. The Morgan fingerprint density at radius 3 is 2.83 bits per heavy atom. The summed E-state index contributed by atoms with van der Waals surface area (Å²) in [6, 6.07) is 8.32. The summed E-state index contributed by atoms with van der Waals surface area (Å²) in [5, 5.41) is 4.41. The summed E-state index contributed by atoms with van der Waals surface area (Å²) < 4.78 is 5.70. The first-order valence-electron chi connectivity index (χ1n) is 11.1. The van der Waals surface area contributed by atoms with Gasteiger partial charge in [-0.2, -0.15) is 0 Å². The van der Waals surface area contributed by atoms with Crippen molar-refractivity contribution in [1.29, 1.82) is 0 Å². The molecule has 0 aliphatic carbocycles. The van der Waals surface area contributed by atoms with Crippen LogP contribution in [-0.2, 0) is 17.8 Å². The Balaban J connectivity index is 1.13. The van der Waals surface area contributed by atoms with Crippen molar-refractivity contribution < 1.29 is 9.21 Å². The number of hydrogen-bond acceptors (Lipinski definition) is 4. The van der Waals surface area contributed by atoms with Crippen molar-refractivity contribution in [2.24, 2.45) is 5.92 Å². The summed E-state index contributed by atoms with van der Waals surface area (Å²) in [6.07, 6.45) is 6.66. The molecule has 1 aromatic carbocycles. The van der Waals surface area contributed by atoms with Crippen LogP contribution in [0.1, 0.15) is 48.6 Å². The molecule has 1 aliphatic rings. The molecule has 2 N–H and O–H groups in total. The van der Waals surface area contributed by atoms with E-state index in [1.807, 2.05) is 19.9 Å². The zero-order valence-corrected chi connectivity index (χ0v) is 18.0. The van der Waals surface area contributed by atoms with Gasteiger partial charge in [0.15, 0.2) is 0 Å². The van der Waals surface area contributed by atoms with Gasteiger partial charge < -0.3 is 14.7 Å². The number of rotatable bonds is 8. The van der Waals surface area contributed by atoms with Gasteiger partial charge in [0.1, 0.15) is 5.76 Å². The third-order valence-electron chi connectivity index (χ3n) is 6.25. The fraction of sp³-hybridized carbons (Fsp3) is 0.500. The van der Waals surface area contributed by atoms with Crippen LogP contribution >= 0.6 is 0 Å². The van der Waals surface area contributed by atoms with E-state index in [-0.39, 0.29) is 5.91 Å². The highest BCUT2D eigenvalue weighted by molar-refractivity contribution is 5.83. The van der Waals surface area contributed by atoms with Crippen LogP contribution in [-0.4, -0.2) is 40.4 Å². The number of aryl methyl sites for hydroxylation is 3. The number of fused-ring (bicyclic) bond motifs is 1. The Bertz CT molecular complexity index is 963. The molecular weight excluding hydrogens is 376 g/mol. The highest BCUT2D eigenvalue weighted by Gasteiger charge is 2.21. The van der Waals surface area contributed by atoms with Crippen LogP contribution in [0, 0.1) is 19.8 Å². The number of carbonyl (C=O) groups is 1.